The Morgan fingerprint density at radius 2 is 1.29 bits per heavy atom. The van der Waals surface area contributed by atoms with E-state index in [1.807, 2.05) is 36.4 Å². The van der Waals surface area contributed by atoms with Crippen LogP contribution in [0.1, 0.15) is 33.0 Å². The summed E-state index contributed by atoms with van der Waals surface area (Å²) in [5.41, 5.74) is 6.61. The minimum atomic E-state index is -3.58. The number of benzene rings is 4. The first-order valence-electron chi connectivity index (χ1n) is 13.4. The molecule has 1 amide bonds. The molecule has 0 aliphatic rings. The standard InChI is InChI=1S/C33H30N4O3S/c1-37(2)41(39,40)24-17-15-22(16-18-24)33(38)36-30-12-6-3-9-23(30)19-27(28-20-34-31-13-7-4-10-25(28)31)29-21-35-32-14-8-5-11-26(29)32/h3-18,20-21,27,34-35H,19H2,1-2H3,(H,36,38). The number of sulfonamides is 1. The van der Waals surface area contributed by atoms with E-state index >= 15 is 0 Å². The fourth-order valence-corrected chi connectivity index (χ4v) is 6.28. The van der Waals surface area contributed by atoms with Gasteiger partial charge in [-0.3, -0.25) is 4.79 Å². The lowest BCUT2D eigenvalue weighted by molar-refractivity contribution is 0.102. The zero-order valence-corrected chi connectivity index (χ0v) is 23.6. The number of rotatable bonds is 8. The molecule has 0 radical (unpaired) electrons. The van der Waals surface area contributed by atoms with Crippen LogP contribution in [0.4, 0.5) is 5.69 Å². The summed E-state index contributed by atoms with van der Waals surface area (Å²) in [5.74, 6) is -0.294. The van der Waals surface area contributed by atoms with Gasteiger partial charge < -0.3 is 15.3 Å². The number of anilines is 1. The number of amides is 1. The van der Waals surface area contributed by atoms with Crippen LogP contribution in [0.5, 0.6) is 0 Å². The number of aromatic amines is 2. The Morgan fingerprint density at radius 1 is 0.756 bits per heavy atom. The summed E-state index contributed by atoms with van der Waals surface area (Å²) in [6.45, 7) is 0. The molecule has 6 rings (SSSR count). The van der Waals surface area contributed by atoms with Crippen molar-refractivity contribution in [3.8, 4) is 0 Å². The first-order chi connectivity index (χ1) is 19.8. The molecular weight excluding hydrogens is 532 g/mol. The molecule has 0 saturated carbocycles. The van der Waals surface area contributed by atoms with Crippen molar-refractivity contribution in [2.75, 3.05) is 19.4 Å². The van der Waals surface area contributed by atoms with Crippen LogP contribution >= 0.6 is 0 Å². The number of carbonyl (C=O) groups excluding carboxylic acids is 1. The number of hydrogen-bond acceptors (Lipinski definition) is 3. The molecule has 0 unspecified atom stereocenters. The van der Waals surface area contributed by atoms with E-state index in [1.54, 1.807) is 0 Å². The first-order valence-corrected chi connectivity index (χ1v) is 14.8. The van der Waals surface area contributed by atoms with E-state index in [0.29, 0.717) is 17.7 Å². The maximum atomic E-state index is 13.3. The van der Waals surface area contributed by atoms with E-state index in [9.17, 15) is 13.2 Å². The second kappa shape index (κ2) is 10.7. The topological polar surface area (TPSA) is 98.1 Å². The van der Waals surface area contributed by atoms with Gasteiger partial charge in [-0.1, -0.05) is 54.6 Å². The van der Waals surface area contributed by atoms with E-state index < -0.39 is 10.0 Å². The SMILES string of the molecule is CN(C)S(=O)(=O)c1ccc(C(=O)Nc2ccccc2CC(c2c[nH]c3ccccc23)c2c[nH]c3ccccc23)cc1. The molecule has 0 saturated heterocycles. The van der Waals surface area contributed by atoms with E-state index in [0.717, 1.165) is 31.7 Å². The molecule has 0 aliphatic carbocycles. The van der Waals surface area contributed by atoms with Crippen molar-refractivity contribution in [1.29, 1.82) is 0 Å². The molecule has 2 aromatic heterocycles. The summed E-state index contributed by atoms with van der Waals surface area (Å²) in [5, 5.41) is 5.39. The second-order valence-corrected chi connectivity index (χ2v) is 12.4. The zero-order chi connectivity index (χ0) is 28.6. The van der Waals surface area contributed by atoms with Gasteiger partial charge in [0.25, 0.3) is 5.91 Å². The summed E-state index contributed by atoms with van der Waals surface area (Å²) in [4.78, 5) is 20.3. The zero-order valence-electron chi connectivity index (χ0n) is 22.8. The van der Waals surface area contributed by atoms with Crippen LogP contribution in [0.3, 0.4) is 0 Å². The summed E-state index contributed by atoms with van der Waals surface area (Å²) >= 11 is 0. The van der Waals surface area contributed by atoms with Gasteiger partial charge in [0.15, 0.2) is 0 Å². The molecular formula is C33H30N4O3S. The molecule has 0 atom stereocenters. The monoisotopic (exact) mass is 562 g/mol. The highest BCUT2D eigenvalue weighted by Crippen LogP contribution is 2.38. The molecule has 2 heterocycles. The molecule has 7 nitrogen and oxygen atoms in total. The van der Waals surface area contributed by atoms with Crippen molar-refractivity contribution in [2.45, 2.75) is 17.2 Å². The largest absolute Gasteiger partial charge is 0.361 e. The molecule has 0 aliphatic heterocycles. The number of carbonyl (C=O) groups is 1. The van der Waals surface area contributed by atoms with Crippen LogP contribution in [0.2, 0.25) is 0 Å². The lowest BCUT2D eigenvalue weighted by Crippen LogP contribution is -2.22. The number of para-hydroxylation sites is 3. The molecule has 41 heavy (non-hydrogen) atoms. The summed E-state index contributed by atoms with van der Waals surface area (Å²) in [7, 11) is -0.619. The lowest BCUT2D eigenvalue weighted by atomic mass is 9.85. The smallest absolute Gasteiger partial charge is 0.255 e. The summed E-state index contributed by atoms with van der Waals surface area (Å²) in [6, 6.07) is 30.4. The van der Waals surface area contributed by atoms with Gasteiger partial charge in [-0.25, -0.2) is 12.7 Å². The maximum absolute atomic E-state index is 13.3. The van der Waals surface area contributed by atoms with Crippen molar-refractivity contribution >= 4 is 43.4 Å². The molecule has 4 aromatic carbocycles. The van der Waals surface area contributed by atoms with E-state index in [2.05, 4.69) is 64.1 Å². The highest BCUT2D eigenvalue weighted by molar-refractivity contribution is 7.89. The molecule has 0 bridgehead atoms. The Bertz CT molecular complexity index is 1900. The first kappa shape index (κ1) is 26.6. The van der Waals surface area contributed by atoms with Crippen LogP contribution in [0, 0.1) is 0 Å². The Hall–Kier alpha value is -4.66. The van der Waals surface area contributed by atoms with Crippen LogP contribution in [0.15, 0.2) is 114 Å². The number of hydrogen-bond donors (Lipinski definition) is 3. The summed E-state index contributed by atoms with van der Waals surface area (Å²) in [6.07, 6.45) is 4.82. The predicted molar refractivity (Wildman–Crippen MR) is 164 cm³/mol. The van der Waals surface area contributed by atoms with Gasteiger partial charge in [-0.05, 0) is 65.6 Å². The van der Waals surface area contributed by atoms with E-state index in [1.165, 1.54) is 49.5 Å². The average molecular weight is 563 g/mol. The Balaban J connectivity index is 1.35. The normalized spacial score (nSPS) is 12.0. The van der Waals surface area contributed by atoms with Crippen molar-refractivity contribution in [2.24, 2.45) is 0 Å². The summed E-state index contributed by atoms with van der Waals surface area (Å²) < 4.78 is 26.0. The Labute approximate surface area is 238 Å². The number of H-pyrrole nitrogens is 2. The highest BCUT2D eigenvalue weighted by atomic mass is 32.2. The third-order valence-electron chi connectivity index (χ3n) is 7.58. The molecule has 0 spiro atoms. The van der Waals surface area contributed by atoms with Crippen molar-refractivity contribution in [3.05, 3.63) is 132 Å². The molecule has 8 heteroatoms. The minimum absolute atomic E-state index is 0.0101. The van der Waals surface area contributed by atoms with Crippen LogP contribution in [-0.2, 0) is 16.4 Å². The fraction of sp³-hybridized carbons (Fsp3) is 0.121. The van der Waals surface area contributed by atoms with Crippen LogP contribution in [-0.4, -0.2) is 42.7 Å². The number of nitrogens with one attached hydrogen (secondary N) is 3. The lowest BCUT2D eigenvalue weighted by Gasteiger charge is -2.19. The highest BCUT2D eigenvalue weighted by Gasteiger charge is 2.23. The van der Waals surface area contributed by atoms with Gasteiger partial charge in [0.1, 0.15) is 0 Å². The molecule has 0 fully saturated rings. The fourth-order valence-electron chi connectivity index (χ4n) is 5.38. The second-order valence-electron chi connectivity index (χ2n) is 10.3. The Morgan fingerprint density at radius 3 is 1.88 bits per heavy atom. The van der Waals surface area contributed by atoms with Crippen LogP contribution in [0.25, 0.3) is 21.8 Å². The molecule has 6 aromatic rings. The van der Waals surface area contributed by atoms with Gasteiger partial charge in [0, 0.05) is 65.5 Å². The quantitative estimate of drug-likeness (QED) is 0.197. The van der Waals surface area contributed by atoms with Gasteiger partial charge in [-0.15, -0.1) is 0 Å². The number of nitrogens with zero attached hydrogens (tertiary/aromatic N) is 1. The third-order valence-corrected chi connectivity index (χ3v) is 9.41. The van der Waals surface area contributed by atoms with Gasteiger partial charge >= 0.3 is 0 Å². The van der Waals surface area contributed by atoms with Gasteiger partial charge in [0.05, 0.1) is 4.90 Å². The Kier molecular flexibility index (Phi) is 6.95. The van der Waals surface area contributed by atoms with Crippen molar-refractivity contribution < 1.29 is 13.2 Å². The predicted octanol–water partition coefficient (Wildman–Crippen LogP) is 6.53. The van der Waals surface area contributed by atoms with Crippen LogP contribution < -0.4 is 5.32 Å². The van der Waals surface area contributed by atoms with E-state index in [-0.39, 0.29) is 16.7 Å². The molecule has 206 valence electrons. The molecule has 3 N–H and O–H groups in total. The minimum Gasteiger partial charge on any atom is -0.361 e. The third kappa shape index (κ3) is 5.03. The maximum Gasteiger partial charge on any atom is 0.255 e. The van der Waals surface area contributed by atoms with Gasteiger partial charge in [-0.2, -0.15) is 0 Å². The number of aromatic nitrogens is 2. The van der Waals surface area contributed by atoms with E-state index in [4.69, 9.17) is 0 Å². The van der Waals surface area contributed by atoms with Crippen molar-refractivity contribution in [3.63, 3.8) is 0 Å². The van der Waals surface area contributed by atoms with Gasteiger partial charge in [0.2, 0.25) is 10.0 Å². The average Bonchev–Trinajstić information content (AvgIpc) is 3.61. The number of fused-ring (bicyclic) bond motifs is 2. The van der Waals surface area contributed by atoms with Crippen molar-refractivity contribution in [1.82, 2.24) is 14.3 Å².